The third-order valence-electron chi connectivity index (χ3n) is 2.87. The van der Waals surface area contributed by atoms with E-state index in [1.165, 1.54) is 5.69 Å². The van der Waals surface area contributed by atoms with E-state index < -0.39 is 0 Å². The molecule has 0 amide bonds. The Morgan fingerprint density at radius 2 is 2.24 bits per heavy atom. The molecule has 4 heteroatoms. The van der Waals surface area contributed by atoms with Crippen molar-refractivity contribution in [1.29, 1.82) is 0 Å². The van der Waals surface area contributed by atoms with Gasteiger partial charge in [-0.05, 0) is 36.2 Å². The third kappa shape index (κ3) is 3.58. The summed E-state index contributed by atoms with van der Waals surface area (Å²) in [6.07, 6.45) is 7.16. The lowest BCUT2D eigenvalue weighted by Crippen LogP contribution is -2.28. The topological polar surface area (TPSA) is 29.9 Å². The predicted molar refractivity (Wildman–Crippen MR) is 74.7 cm³/mol. The summed E-state index contributed by atoms with van der Waals surface area (Å²) in [5, 5.41) is 7.95. The third-order valence-corrected chi connectivity index (χ3v) is 3.90. The number of hydrogen-bond donors (Lipinski definition) is 1. The first-order chi connectivity index (χ1) is 8.13. The molecule has 0 aliphatic rings. The summed E-state index contributed by atoms with van der Waals surface area (Å²) in [5.41, 5.74) is 2.23. The minimum atomic E-state index is 0.382. The molecule has 3 nitrogen and oxygen atoms in total. The van der Waals surface area contributed by atoms with Gasteiger partial charge in [-0.25, -0.2) is 0 Å². The molecule has 0 saturated carbocycles. The van der Waals surface area contributed by atoms with Crippen LogP contribution in [0.1, 0.15) is 38.1 Å². The second-order valence-electron chi connectivity index (χ2n) is 4.06. The van der Waals surface area contributed by atoms with Crippen LogP contribution >= 0.6 is 15.9 Å². The number of terminal acetylenes is 1. The number of nitrogens with zero attached hydrogens (tertiary/aromatic N) is 2. The van der Waals surface area contributed by atoms with Crippen molar-refractivity contribution in [2.75, 3.05) is 0 Å². The van der Waals surface area contributed by atoms with Crippen LogP contribution in [0.15, 0.2) is 4.47 Å². The summed E-state index contributed by atoms with van der Waals surface area (Å²) in [5.74, 6) is 2.71. The quantitative estimate of drug-likeness (QED) is 0.818. The van der Waals surface area contributed by atoms with E-state index in [-0.39, 0.29) is 0 Å². The summed E-state index contributed by atoms with van der Waals surface area (Å²) in [7, 11) is 0. The van der Waals surface area contributed by atoms with E-state index in [4.69, 9.17) is 6.42 Å². The first kappa shape index (κ1) is 14.3. The number of aryl methyl sites for hydroxylation is 2. The molecule has 0 aliphatic carbocycles. The molecule has 0 spiro atoms. The normalized spacial score (nSPS) is 12.4. The number of aromatic nitrogens is 2. The Hall–Kier alpha value is -0.790. The van der Waals surface area contributed by atoms with Crippen molar-refractivity contribution in [3.63, 3.8) is 0 Å². The molecule has 1 heterocycles. The fourth-order valence-electron chi connectivity index (χ4n) is 1.78. The lowest BCUT2D eigenvalue weighted by molar-refractivity contribution is 0.484. The Labute approximate surface area is 112 Å². The van der Waals surface area contributed by atoms with Crippen molar-refractivity contribution >= 4 is 15.9 Å². The van der Waals surface area contributed by atoms with Gasteiger partial charge in [-0.15, -0.1) is 12.3 Å². The average molecular weight is 298 g/mol. The van der Waals surface area contributed by atoms with Gasteiger partial charge in [-0.2, -0.15) is 5.10 Å². The standard InChI is InChI=1S/C13H20BrN3/c1-5-8-11(6-2)15-9-12-13(14)10(4)16-17(12)7-3/h1,11,15H,6-9H2,2-4H3. The lowest BCUT2D eigenvalue weighted by atomic mass is 10.1. The molecule has 17 heavy (non-hydrogen) atoms. The Bertz CT molecular complexity index is 404. The first-order valence-corrected chi connectivity index (χ1v) is 6.81. The van der Waals surface area contributed by atoms with Crippen LogP contribution in [-0.2, 0) is 13.1 Å². The zero-order valence-electron chi connectivity index (χ0n) is 10.8. The summed E-state index contributed by atoms with van der Waals surface area (Å²) >= 11 is 3.59. The highest BCUT2D eigenvalue weighted by molar-refractivity contribution is 9.10. The van der Waals surface area contributed by atoms with Crippen molar-refractivity contribution in [3.8, 4) is 12.3 Å². The molecule has 0 aliphatic heterocycles. The minimum absolute atomic E-state index is 0.382. The van der Waals surface area contributed by atoms with Crippen molar-refractivity contribution < 1.29 is 0 Å². The Balaban J connectivity index is 2.71. The molecule has 0 aromatic carbocycles. The maximum atomic E-state index is 5.35. The van der Waals surface area contributed by atoms with Crippen molar-refractivity contribution in [2.24, 2.45) is 0 Å². The zero-order chi connectivity index (χ0) is 12.8. The molecular weight excluding hydrogens is 278 g/mol. The minimum Gasteiger partial charge on any atom is -0.307 e. The SMILES string of the molecule is C#CCC(CC)NCc1c(Br)c(C)nn1CC. The largest absolute Gasteiger partial charge is 0.307 e. The van der Waals surface area contributed by atoms with Crippen LogP contribution in [-0.4, -0.2) is 15.8 Å². The van der Waals surface area contributed by atoms with Crippen molar-refractivity contribution in [1.82, 2.24) is 15.1 Å². The summed E-state index contributed by atoms with van der Waals surface area (Å²) in [6.45, 7) is 7.94. The van der Waals surface area contributed by atoms with E-state index >= 15 is 0 Å². The van der Waals surface area contributed by atoms with Gasteiger partial charge >= 0.3 is 0 Å². The predicted octanol–water partition coefficient (Wildman–Crippen LogP) is 2.87. The van der Waals surface area contributed by atoms with Crippen LogP contribution in [0, 0.1) is 19.3 Å². The maximum Gasteiger partial charge on any atom is 0.0739 e. The summed E-state index contributed by atoms with van der Waals surface area (Å²) < 4.78 is 3.12. The second kappa shape index (κ2) is 6.83. The van der Waals surface area contributed by atoms with E-state index in [0.29, 0.717) is 6.04 Å². The van der Waals surface area contributed by atoms with Crippen molar-refractivity contribution in [2.45, 2.75) is 52.7 Å². The molecule has 1 atom stereocenters. The number of halogens is 1. The van der Waals surface area contributed by atoms with E-state index in [0.717, 1.165) is 36.1 Å². The summed E-state index contributed by atoms with van der Waals surface area (Å²) in [6, 6.07) is 0.382. The molecule has 1 rings (SSSR count). The van der Waals surface area contributed by atoms with E-state index in [2.05, 4.69) is 46.1 Å². The maximum absolute atomic E-state index is 5.35. The van der Waals surface area contributed by atoms with Gasteiger partial charge < -0.3 is 5.32 Å². The molecule has 0 fully saturated rings. The monoisotopic (exact) mass is 297 g/mol. The molecular formula is C13H20BrN3. The van der Waals surface area contributed by atoms with E-state index in [9.17, 15) is 0 Å². The Morgan fingerprint density at radius 1 is 1.53 bits per heavy atom. The second-order valence-corrected chi connectivity index (χ2v) is 4.85. The van der Waals surface area contributed by atoms with Gasteiger partial charge in [-0.3, -0.25) is 4.68 Å². The van der Waals surface area contributed by atoms with Gasteiger partial charge in [0.15, 0.2) is 0 Å². The van der Waals surface area contributed by atoms with Gasteiger partial charge in [0.05, 0.1) is 15.9 Å². The van der Waals surface area contributed by atoms with E-state index in [1.807, 2.05) is 11.6 Å². The van der Waals surface area contributed by atoms with Gasteiger partial charge in [0.25, 0.3) is 0 Å². The van der Waals surface area contributed by atoms with Crippen LogP contribution in [0.25, 0.3) is 0 Å². The molecule has 0 saturated heterocycles. The molecule has 0 bridgehead atoms. The average Bonchev–Trinajstić information content (AvgIpc) is 2.61. The van der Waals surface area contributed by atoms with Crippen LogP contribution in [0.3, 0.4) is 0 Å². The van der Waals surface area contributed by atoms with Crippen LogP contribution in [0.5, 0.6) is 0 Å². The van der Waals surface area contributed by atoms with E-state index in [1.54, 1.807) is 0 Å². The highest BCUT2D eigenvalue weighted by Crippen LogP contribution is 2.21. The van der Waals surface area contributed by atoms with Gasteiger partial charge in [-0.1, -0.05) is 6.92 Å². The fraction of sp³-hybridized carbons (Fsp3) is 0.615. The zero-order valence-corrected chi connectivity index (χ0v) is 12.3. The molecule has 94 valence electrons. The molecule has 1 aromatic heterocycles. The van der Waals surface area contributed by atoms with Crippen molar-refractivity contribution in [3.05, 3.63) is 15.9 Å². The summed E-state index contributed by atoms with van der Waals surface area (Å²) in [4.78, 5) is 0. The van der Waals surface area contributed by atoms with Crippen LogP contribution in [0.2, 0.25) is 0 Å². The highest BCUT2D eigenvalue weighted by atomic mass is 79.9. The Kier molecular flexibility index (Phi) is 5.73. The Morgan fingerprint density at radius 3 is 2.76 bits per heavy atom. The highest BCUT2D eigenvalue weighted by Gasteiger charge is 2.13. The van der Waals surface area contributed by atoms with Gasteiger partial charge in [0.1, 0.15) is 0 Å². The first-order valence-electron chi connectivity index (χ1n) is 6.02. The molecule has 0 radical (unpaired) electrons. The van der Waals surface area contributed by atoms with Crippen LogP contribution in [0.4, 0.5) is 0 Å². The smallest absolute Gasteiger partial charge is 0.0739 e. The molecule has 1 aromatic rings. The number of nitrogens with one attached hydrogen (secondary N) is 1. The van der Waals surface area contributed by atoms with Gasteiger partial charge in [0, 0.05) is 25.6 Å². The number of hydrogen-bond acceptors (Lipinski definition) is 2. The van der Waals surface area contributed by atoms with Crippen LogP contribution < -0.4 is 5.32 Å². The fourth-order valence-corrected chi connectivity index (χ4v) is 2.21. The lowest BCUT2D eigenvalue weighted by Gasteiger charge is -2.15. The molecule has 1 N–H and O–H groups in total. The molecule has 1 unspecified atom stereocenters. The van der Waals surface area contributed by atoms with Gasteiger partial charge in [0.2, 0.25) is 0 Å². The number of rotatable bonds is 6.